The molecule has 0 aromatic heterocycles. The Morgan fingerprint density at radius 2 is 0.828 bits per heavy atom. The van der Waals surface area contributed by atoms with Gasteiger partial charge in [0.05, 0.1) is 6.61 Å². The van der Waals surface area contributed by atoms with Crippen LogP contribution >= 0.6 is 7.82 Å². The number of hydrogen-bond acceptors (Lipinski definition) is 6. The Morgan fingerprint density at radius 1 is 0.466 bits per heavy atom. The molecule has 0 aromatic carbocycles. The summed E-state index contributed by atoms with van der Waals surface area (Å²) >= 11 is 0. The number of esters is 2. The molecule has 0 aliphatic carbocycles. The van der Waals surface area contributed by atoms with Crippen molar-refractivity contribution in [2.75, 3.05) is 13.2 Å². The van der Waals surface area contributed by atoms with Crippen molar-refractivity contribution in [3.63, 3.8) is 0 Å². The normalized spacial score (nSPS) is 13.2. The molecule has 0 aromatic rings. The van der Waals surface area contributed by atoms with Gasteiger partial charge in [-0.2, -0.15) is 0 Å². The molecule has 2 N–H and O–H groups in total. The third-order valence-corrected chi connectivity index (χ3v) is 9.88. The second-order valence-corrected chi connectivity index (χ2v) is 16.2. The van der Waals surface area contributed by atoms with Crippen LogP contribution in [0.4, 0.5) is 0 Å². The largest absolute Gasteiger partial charge is 0.469 e. The molecule has 0 rings (SSSR count). The van der Waals surface area contributed by atoms with Crippen LogP contribution in [0.15, 0.2) is 85.1 Å². The summed E-state index contributed by atoms with van der Waals surface area (Å²) in [5.41, 5.74) is 0. The third kappa shape index (κ3) is 45.9. The fourth-order valence-corrected chi connectivity index (χ4v) is 6.38. The minimum atomic E-state index is -4.77. The highest BCUT2D eigenvalue weighted by atomic mass is 31.2. The van der Waals surface area contributed by atoms with E-state index in [1.54, 1.807) is 0 Å². The highest BCUT2D eigenvalue weighted by Crippen LogP contribution is 2.36. The maximum Gasteiger partial charge on any atom is 0.469 e. The number of hydrogen-bond donors (Lipinski definition) is 2. The van der Waals surface area contributed by atoms with Crippen molar-refractivity contribution in [3.8, 4) is 0 Å². The number of allylic oxidation sites excluding steroid dienone is 14. The fraction of sp³-hybridized carbons (Fsp3) is 0.673. The molecule has 9 heteroatoms. The Balaban J connectivity index is 3.96. The van der Waals surface area contributed by atoms with Gasteiger partial charge < -0.3 is 19.3 Å². The lowest BCUT2D eigenvalue weighted by atomic mass is 10.1. The number of unbranched alkanes of at least 4 members (excludes halogenated alkanes) is 17. The van der Waals surface area contributed by atoms with Crippen molar-refractivity contribution in [1.29, 1.82) is 0 Å². The Hall–Kier alpha value is -2.77. The topological polar surface area (TPSA) is 119 Å². The Bertz CT molecular complexity index is 1210. The average Bonchev–Trinajstić information content (AvgIpc) is 3.20. The summed E-state index contributed by atoms with van der Waals surface area (Å²) in [7, 11) is -4.77. The van der Waals surface area contributed by atoms with E-state index in [2.05, 4.69) is 103 Å². The first-order chi connectivity index (χ1) is 28.3. The summed E-state index contributed by atoms with van der Waals surface area (Å²) in [5, 5.41) is 0. The third-order valence-electron chi connectivity index (χ3n) is 9.40. The molecule has 0 radical (unpaired) electrons. The number of carbonyl (C=O) groups is 2. The zero-order valence-electron chi connectivity index (χ0n) is 36.7. The van der Waals surface area contributed by atoms with Gasteiger partial charge in [0, 0.05) is 12.8 Å². The Labute approximate surface area is 354 Å². The number of phosphoric ester groups is 1. The van der Waals surface area contributed by atoms with Crippen LogP contribution in [0.25, 0.3) is 0 Å². The molecule has 0 amide bonds. The molecule has 0 bridgehead atoms. The van der Waals surface area contributed by atoms with Crippen LogP contribution in [0.1, 0.15) is 194 Å². The van der Waals surface area contributed by atoms with Gasteiger partial charge in [0.1, 0.15) is 6.61 Å². The highest BCUT2D eigenvalue weighted by Gasteiger charge is 2.22. The summed E-state index contributed by atoms with van der Waals surface area (Å²) in [5.74, 6) is -0.931. The van der Waals surface area contributed by atoms with Crippen molar-refractivity contribution in [2.24, 2.45) is 0 Å². The Morgan fingerprint density at radius 3 is 1.26 bits per heavy atom. The maximum absolute atomic E-state index is 12.4. The van der Waals surface area contributed by atoms with E-state index < -0.39 is 32.5 Å². The molecular formula is C49H83O8P. The van der Waals surface area contributed by atoms with E-state index in [1.165, 1.54) is 70.6 Å². The van der Waals surface area contributed by atoms with Gasteiger partial charge in [-0.15, -0.1) is 0 Å². The first-order valence-corrected chi connectivity index (χ1v) is 24.4. The quantitative estimate of drug-likeness (QED) is 0.0271. The van der Waals surface area contributed by atoms with Crippen molar-refractivity contribution < 1.29 is 37.9 Å². The average molecular weight is 831 g/mol. The standard InChI is InChI=1S/C49H83O8P/c1-3-5-7-9-11-13-15-17-19-21-23-24-26-27-29-31-33-35-37-39-41-43-48(50)55-45-47(46-56-58(52,53)54)57-49(51)44-42-40-38-36-34-32-30-28-25-22-20-18-16-14-12-10-8-6-4-2/h6,8,12,14-15,17-18,20-21,23,25,28,32,34,47H,3-5,7,9-11,13,16,19,22,24,26-27,29-31,33,35-46H2,1-2H3,(H2,52,53,54)/b8-6-,14-12-,17-15-,20-18-,23-21-,28-25-,34-32-. The smallest absolute Gasteiger partial charge is 0.462 e. The summed E-state index contributed by atoms with van der Waals surface area (Å²) in [6, 6.07) is 0. The molecule has 0 heterocycles. The van der Waals surface area contributed by atoms with Crippen LogP contribution in [-0.2, 0) is 28.2 Å². The van der Waals surface area contributed by atoms with Gasteiger partial charge >= 0.3 is 19.8 Å². The van der Waals surface area contributed by atoms with Crippen molar-refractivity contribution >= 4 is 19.8 Å². The number of carbonyl (C=O) groups excluding carboxylic acids is 2. The lowest BCUT2D eigenvalue weighted by Crippen LogP contribution is -2.29. The van der Waals surface area contributed by atoms with Crippen molar-refractivity contribution in [2.45, 2.75) is 200 Å². The number of rotatable bonds is 41. The van der Waals surface area contributed by atoms with Gasteiger partial charge in [0.25, 0.3) is 0 Å². The molecule has 0 saturated heterocycles. The molecule has 1 atom stereocenters. The monoisotopic (exact) mass is 831 g/mol. The fourth-order valence-electron chi connectivity index (χ4n) is 6.02. The molecule has 0 aliphatic heterocycles. The first-order valence-electron chi connectivity index (χ1n) is 22.9. The van der Waals surface area contributed by atoms with E-state index in [9.17, 15) is 14.2 Å². The van der Waals surface area contributed by atoms with E-state index in [0.29, 0.717) is 12.8 Å². The summed E-state index contributed by atoms with van der Waals surface area (Å²) in [6.45, 7) is 3.53. The second-order valence-electron chi connectivity index (χ2n) is 15.0. The summed E-state index contributed by atoms with van der Waals surface area (Å²) in [6.07, 6.45) is 58.7. The molecule has 8 nitrogen and oxygen atoms in total. The molecule has 332 valence electrons. The minimum absolute atomic E-state index is 0.167. The zero-order chi connectivity index (χ0) is 42.5. The minimum Gasteiger partial charge on any atom is -0.462 e. The predicted molar refractivity (Wildman–Crippen MR) is 243 cm³/mol. The van der Waals surface area contributed by atoms with E-state index in [-0.39, 0.29) is 19.4 Å². The van der Waals surface area contributed by atoms with Crippen LogP contribution in [-0.4, -0.2) is 41.0 Å². The van der Waals surface area contributed by atoms with Crippen LogP contribution in [0.3, 0.4) is 0 Å². The highest BCUT2D eigenvalue weighted by molar-refractivity contribution is 7.46. The molecule has 0 aliphatic rings. The molecule has 58 heavy (non-hydrogen) atoms. The van der Waals surface area contributed by atoms with E-state index in [0.717, 1.165) is 83.5 Å². The van der Waals surface area contributed by atoms with Gasteiger partial charge in [-0.05, 0) is 89.9 Å². The van der Waals surface area contributed by atoms with E-state index in [4.69, 9.17) is 19.3 Å². The molecular weight excluding hydrogens is 748 g/mol. The van der Waals surface area contributed by atoms with Gasteiger partial charge in [-0.25, -0.2) is 4.57 Å². The molecule has 0 fully saturated rings. The predicted octanol–water partition coefficient (Wildman–Crippen LogP) is 14.4. The molecule has 0 saturated carbocycles. The van der Waals surface area contributed by atoms with Gasteiger partial charge in [0.2, 0.25) is 0 Å². The van der Waals surface area contributed by atoms with Crippen LogP contribution in [0.5, 0.6) is 0 Å². The van der Waals surface area contributed by atoms with Crippen molar-refractivity contribution in [1.82, 2.24) is 0 Å². The van der Waals surface area contributed by atoms with E-state index in [1.807, 2.05) is 0 Å². The second kappa shape index (κ2) is 43.8. The molecule has 1 unspecified atom stereocenters. The number of ether oxygens (including phenoxy) is 2. The summed E-state index contributed by atoms with van der Waals surface area (Å²) in [4.78, 5) is 43.0. The SMILES string of the molecule is CC/C=C\C/C=C\C/C=C\C/C=C\C/C=C\CCCCCC(=O)OC(COC(=O)CCCCCCCCCCC/C=C\C/C=C\CCCCCCC)COP(=O)(O)O. The van der Waals surface area contributed by atoms with Gasteiger partial charge in [0.15, 0.2) is 6.10 Å². The zero-order valence-corrected chi connectivity index (χ0v) is 37.6. The van der Waals surface area contributed by atoms with Crippen molar-refractivity contribution in [3.05, 3.63) is 85.1 Å². The van der Waals surface area contributed by atoms with E-state index >= 15 is 0 Å². The lowest BCUT2D eigenvalue weighted by Gasteiger charge is -2.18. The van der Waals surface area contributed by atoms with Gasteiger partial charge in [-0.1, -0.05) is 176 Å². The van der Waals surface area contributed by atoms with Crippen LogP contribution in [0, 0.1) is 0 Å². The maximum atomic E-state index is 12.4. The van der Waals surface area contributed by atoms with Gasteiger partial charge in [-0.3, -0.25) is 14.1 Å². The van der Waals surface area contributed by atoms with Crippen LogP contribution in [0.2, 0.25) is 0 Å². The molecule has 0 spiro atoms. The number of phosphoric acid groups is 1. The Kier molecular flexibility index (Phi) is 41.7. The van der Waals surface area contributed by atoms with Crippen LogP contribution < -0.4 is 0 Å². The summed E-state index contributed by atoms with van der Waals surface area (Å²) < 4.78 is 26.4. The first kappa shape index (κ1) is 55.2. The lowest BCUT2D eigenvalue weighted by molar-refractivity contribution is -0.161.